The molecule has 0 heterocycles. The fourth-order valence-corrected chi connectivity index (χ4v) is 1.61. The fourth-order valence-electron chi connectivity index (χ4n) is 1.61. The van der Waals surface area contributed by atoms with Gasteiger partial charge in [0.25, 0.3) is 5.91 Å². The highest BCUT2D eigenvalue weighted by atomic mass is 16.6. The number of carbonyl (C=O) groups is 1. The van der Waals surface area contributed by atoms with E-state index in [1.807, 2.05) is 13.8 Å². The van der Waals surface area contributed by atoms with Crippen molar-refractivity contribution in [3.05, 3.63) is 29.8 Å². The van der Waals surface area contributed by atoms with E-state index in [2.05, 4.69) is 5.16 Å². The predicted molar refractivity (Wildman–Crippen MR) is 74.2 cm³/mol. The normalized spacial score (nSPS) is 12.4. The summed E-state index contributed by atoms with van der Waals surface area (Å²) >= 11 is 0. The van der Waals surface area contributed by atoms with Gasteiger partial charge in [0.15, 0.2) is 0 Å². The molecule has 0 saturated carbocycles. The first-order valence-electron chi connectivity index (χ1n) is 6.36. The molecule has 0 aliphatic rings. The molecule has 1 atom stereocenters. The van der Waals surface area contributed by atoms with Gasteiger partial charge in [0.2, 0.25) is 6.10 Å². The van der Waals surface area contributed by atoms with E-state index in [4.69, 9.17) is 4.84 Å². The number of para-hydroxylation sites is 1. The Bertz CT molecular complexity index is 442. The van der Waals surface area contributed by atoms with Crippen LogP contribution in [0.25, 0.3) is 0 Å². The van der Waals surface area contributed by atoms with Gasteiger partial charge in [-0.2, -0.15) is 0 Å². The van der Waals surface area contributed by atoms with Crippen LogP contribution in [0.2, 0.25) is 0 Å². The van der Waals surface area contributed by atoms with Gasteiger partial charge in [0.1, 0.15) is 5.75 Å². The Morgan fingerprint density at radius 3 is 2.63 bits per heavy atom. The summed E-state index contributed by atoms with van der Waals surface area (Å²) in [6, 6.07) is 6.77. The number of hydrogen-bond donors (Lipinski definition) is 1. The van der Waals surface area contributed by atoms with Crippen molar-refractivity contribution >= 4 is 12.1 Å². The molecule has 1 aromatic rings. The van der Waals surface area contributed by atoms with Crippen LogP contribution < -0.4 is 0 Å². The molecule has 0 bridgehead atoms. The Kier molecular flexibility index (Phi) is 5.85. The van der Waals surface area contributed by atoms with Crippen molar-refractivity contribution in [2.75, 3.05) is 13.1 Å². The number of oxime groups is 1. The number of aromatic hydroxyl groups is 1. The van der Waals surface area contributed by atoms with Crippen molar-refractivity contribution in [1.29, 1.82) is 0 Å². The minimum Gasteiger partial charge on any atom is -0.507 e. The van der Waals surface area contributed by atoms with Crippen molar-refractivity contribution in [2.45, 2.75) is 26.9 Å². The topological polar surface area (TPSA) is 62.1 Å². The molecular weight excluding hydrogens is 244 g/mol. The first-order chi connectivity index (χ1) is 9.10. The van der Waals surface area contributed by atoms with Gasteiger partial charge in [0, 0.05) is 18.7 Å². The van der Waals surface area contributed by atoms with Crippen LogP contribution >= 0.6 is 0 Å². The van der Waals surface area contributed by atoms with Gasteiger partial charge < -0.3 is 14.8 Å². The van der Waals surface area contributed by atoms with Crippen molar-refractivity contribution in [1.82, 2.24) is 4.90 Å². The van der Waals surface area contributed by atoms with Crippen LogP contribution in [0.1, 0.15) is 26.3 Å². The van der Waals surface area contributed by atoms with Crippen molar-refractivity contribution in [3.8, 4) is 5.75 Å². The molecule has 0 saturated heterocycles. The van der Waals surface area contributed by atoms with Gasteiger partial charge in [0.05, 0.1) is 6.21 Å². The molecule has 0 radical (unpaired) electrons. The van der Waals surface area contributed by atoms with Crippen LogP contribution in [0.3, 0.4) is 0 Å². The highest BCUT2D eigenvalue weighted by Gasteiger charge is 2.19. The molecule has 1 aromatic carbocycles. The average Bonchev–Trinajstić information content (AvgIpc) is 2.42. The third kappa shape index (κ3) is 4.28. The van der Waals surface area contributed by atoms with Crippen LogP contribution in [0, 0.1) is 0 Å². The average molecular weight is 264 g/mol. The zero-order valence-corrected chi connectivity index (χ0v) is 11.5. The first kappa shape index (κ1) is 15.0. The highest BCUT2D eigenvalue weighted by Crippen LogP contribution is 2.12. The molecule has 0 aliphatic heterocycles. The highest BCUT2D eigenvalue weighted by molar-refractivity contribution is 5.83. The SMILES string of the molecule is CCN(CC)C(=O)[C@@H](C)O/N=C/c1ccccc1O. The van der Waals surface area contributed by atoms with E-state index < -0.39 is 6.10 Å². The molecule has 5 heteroatoms. The molecule has 1 N–H and O–H groups in total. The predicted octanol–water partition coefficient (Wildman–Crippen LogP) is 2.00. The number of amides is 1. The van der Waals surface area contributed by atoms with E-state index in [1.54, 1.807) is 36.1 Å². The van der Waals surface area contributed by atoms with E-state index >= 15 is 0 Å². The van der Waals surface area contributed by atoms with E-state index in [9.17, 15) is 9.90 Å². The van der Waals surface area contributed by atoms with Crippen LogP contribution in [-0.2, 0) is 9.63 Å². The summed E-state index contributed by atoms with van der Waals surface area (Å²) in [6.07, 6.45) is 0.753. The summed E-state index contributed by atoms with van der Waals surface area (Å²) < 4.78 is 0. The van der Waals surface area contributed by atoms with E-state index in [0.717, 1.165) is 0 Å². The van der Waals surface area contributed by atoms with Gasteiger partial charge in [-0.1, -0.05) is 17.3 Å². The van der Waals surface area contributed by atoms with E-state index in [-0.39, 0.29) is 11.7 Å². The Balaban J connectivity index is 2.57. The third-order valence-electron chi connectivity index (χ3n) is 2.77. The maximum absolute atomic E-state index is 11.9. The Labute approximate surface area is 113 Å². The number of nitrogens with zero attached hydrogens (tertiary/aromatic N) is 2. The third-order valence-corrected chi connectivity index (χ3v) is 2.77. The molecule has 5 nitrogen and oxygen atoms in total. The van der Waals surface area contributed by atoms with E-state index in [1.165, 1.54) is 6.21 Å². The van der Waals surface area contributed by atoms with Gasteiger partial charge in [-0.25, -0.2) is 0 Å². The minimum atomic E-state index is -0.637. The van der Waals surface area contributed by atoms with Crippen molar-refractivity contribution in [2.24, 2.45) is 5.16 Å². The zero-order valence-electron chi connectivity index (χ0n) is 11.5. The lowest BCUT2D eigenvalue weighted by molar-refractivity contribution is -0.142. The smallest absolute Gasteiger partial charge is 0.266 e. The molecule has 0 aliphatic carbocycles. The standard InChI is InChI=1S/C14H20N2O3/c1-4-16(5-2)14(18)11(3)19-15-10-12-8-6-7-9-13(12)17/h6-11,17H,4-5H2,1-3H3/b15-10+/t11-/m1/s1. The molecule has 1 amide bonds. The summed E-state index contributed by atoms with van der Waals surface area (Å²) in [4.78, 5) is 18.7. The maximum atomic E-state index is 11.9. The largest absolute Gasteiger partial charge is 0.507 e. The van der Waals surface area contributed by atoms with Gasteiger partial charge in [-0.3, -0.25) is 4.79 Å². The van der Waals surface area contributed by atoms with Gasteiger partial charge >= 0.3 is 0 Å². The van der Waals surface area contributed by atoms with Crippen molar-refractivity contribution < 1.29 is 14.7 Å². The Hall–Kier alpha value is -2.04. The second kappa shape index (κ2) is 7.41. The monoisotopic (exact) mass is 264 g/mol. The van der Waals surface area contributed by atoms with Gasteiger partial charge in [-0.15, -0.1) is 0 Å². The maximum Gasteiger partial charge on any atom is 0.266 e. The number of rotatable bonds is 6. The number of phenols is 1. The summed E-state index contributed by atoms with van der Waals surface area (Å²) in [6.45, 7) is 6.78. The van der Waals surface area contributed by atoms with Crippen LogP contribution in [0.5, 0.6) is 5.75 Å². The first-order valence-corrected chi connectivity index (χ1v) is 6.36. The van der Waals surface area contributed by atoms with Crippen LogP contribution in [0.4, 0.5) is 0 Å². The molecule has 19 heavy (non-hydrogen) atoms. The molecular formula is C14H20N2O3. The molecule has 1 rings (SSSR count). The zero-order chi connectivity index (χ0) is 14.3. The quantitative estimate of drug-likeness (QED) is 0.631. The molecule has 0 spiro atoms. The van der Waals surface area contributed by atoms with Crippen molar-refractivity contribution in [3.63, 3.8) is 0 Å². The molecule has 104 valence electrons. The number of hydrogen-bond acceptors (Lipinski definition) is 4. The molecule has 0 fully saturated rings. The molecule has 0 aromatic heterocycles. The fraction of sp³-hybridized carbons (Fsp3) is 0.429. The summed E-state index contributed by atoms with van der Waals surface area (Å²) in [7, 11) is 0. The van der Waals surface area contributed by atoms with Crippen LogP contribution in [0.15, 0.2) is 29.4 Å². The number of phenolic OH excluding ortho intramolecular Hbond substituents is 1. The molecule has 0 unspecified atom stereocenters. The van der Waals surface area contributed by atoms with Gasteiger partial charge in [-0.05, 0) is 32.9 Å². The summed E-state index contributed by atoms with van der Waals surface area (Å²) in [5, 5.41) is 13.3. The number of likely N-dealkylation sites (N-methyl/N-ethyl adjacent to an activating group) is 1. The lowest BCUT2D eigenvalue weighted by Gasteiger charge is -2.21. The minimum absolute atomic E-state index is 0.0977. The lowest BCUT2D eigenvalue weighted by Crippen LogP contribution is -2.38. The Morgan fingerprint density at radius 1 is 1.42 bits per heavy atom. The number of benzene rings is 1. The van der Waals surface area contributed by atoms with E-state index in [0.29, 0.717) is 18.7 Å². The van der Waals surface area contributed by atoms with Crippen LogP contribution in [-0.4, -0.2) is 41.3 Å². The summed E-state index contributed by atoms with van der Waals surface area (Å²) in [5.41, 5.74) is 0.546. The number of carbonyl (C=O) groups excluding carboxylic acids is 1. The lowest BCUT2D eigenvalue weighted by atomic mass is 10.2. The second-order valence-electron chi connectivity index (χ2n) is 4.05. The Morgan fingerprint density at radius 2 is 2.05 bits per heavy atom. The summed E-state index contributed by atoms with van der Waals surface area (Å²) in [5.74, 6) is 0.0250. The second-order valence-corrected chi connectivity index (χ2v) is 4.05.